The van der Waals surface area contributed by atoms with Crippen molar-refractivity contribution in [3.8, 4) is 0 Å². The lowest BCUT2D eigenvalue weighted by Crippen LogP contribution is -2.34. The maximum atomic E-state index is 4.56. The Kier molecular flexibility index (Phi) is 5.80. The molecular formula is C15H25BrN2. The van der Waals surface area contributed by atoms with E-state index < -0.39 is 0 Å². The van der Waals surface area contributed by atoms with E-state index in [2.05, 4.69) is 65.8 Å². The first kappa shape index (κ1) is 15.6. The maximum absolute atomic E-state index is 4.56. The zero-order valence-electron chi connectivity index (χ0n) is 12.2. The molecule has 3 heteroatoms. The number of hydrogen-bond donors (Lipinski definition) is 0. The predicted octanol–water partition coefficient (Wildman–Crippen LogP) is 3.88. The molecule has 0 radical (unpaired) electrons. The van der Waals surface area contributed by atoms with Crippen LogP contribution in [0.5, 0.6) is 0 Å². The van der Waals surface area contributed by atoms with Crippen LogP contribution < -0.4 is 0 Å². The van der Waals surface area contributed by atoms with E-state index in [0.717, 1.165) is 29.8 Å². The van der Waals surface area contributed by atoms with Gasteiger partial charge in [0.05, 0.1) is 5.69 Å². The minimum atomic E-state index is 0.331. The highest BCUT2D eigenvalue weighted by Gasteiger charge is 2.24. The van der Waals surface area contributed by atoms with Crippen LogP contribution in [0.15, 0.2) is 18.2 Å². The minimum absolute atomic E-state index is 0.331. The maximum Gasteiger partial charge on any atom is 0.0547 e. The lowest BCUT2D eigenvalue weighted by Gasteiger charge is -2.32. The molecule has 18 heavy (non-hydrogen) atoms. The molecule has 0 spiro atoms. The highest BCUT2D eigenvalue weighted by Crippen LogP contribution is 2.28. The lowest BCUT2D eigenvalue weighted by atomic mass is 9.82. The van der Waals surface area contributed by atoms with Crippen molar-refractivity contribution in [3.05, 3.63) is 29.6 Å². The average Bonchev–Trinajstić information content (AvgIpc) is 2.24. The Labute approximate surface area is 120 Å². The summed E-state index contributed by atoms with van der Waals surface area (Å²) in [7, 11) is 2.17. The van der Waals surface area contributed by atoms with Crippen molar-refractivity contribution in [1.29, 1.82) is 0 Å². The van der Waals surface area contributed by atoms with Crippen molar-refractivity contribution in [1.82, 2.24) is 9.88 Å². The first-order valence-electron chi connectivity index (χ1n) is 6.50. The van der Waals surface area contributed by atoms with Gasteiger partial charge in [0.25, 0.3) is 0 Å². The third kappa shape index (κ3) is 5.07. The molecule has 0 aromatic carbocycles. The van der Waals surface area contributed by atoms with Crippen molar-refractivity contribution < 1.29 is 0 Å². The van der Waals surface area contributed by atoms with Crippen LogP contribution in [0.1, 0.15) is 32.2 Å². The first-order chi connectivity index (χ1) is 8.32. The lowest BCUT2D eigenvalue weighted by molar-refractivity contribution is 0.182. The number of nitrogens with zero attached hydrogens (tertiary/aromatic N) is 2. The zero-order valence-corrected chi connectivity index (χ0v) is 13.8. The molecule has 1 atom stereocenters. The van der Waals surface area contributed by atoms with E-state index in [1.54, 1.807) is 0 Å². The zero-order chi connectivity index (χ0) is 13.8. The van der Waals surface area contributed by atoms with Crippen molar-refractivity contribution in [2.75, 3.05) is 18.9 Å². The fourth-order valence-corrected chi connectivity index (χ4v) is 3.13. The largest absolute Gasteiger partial charge is 0.300 e. The van der Waals surface area contributed by atoms with Crippen LogP contribution in [-0.4, -0.2) is 28.8 Å². The first-order valence-corrected chi connectivity index (χ1v) is 7.62. The monoisotopic (exact) mass is 312 g/mol. The fraction of sp³-hybridized carbons (Fsp3) is 0.667. The van der Waals surface area contributed by atoms with Gasteiger partial charge in [-0.3, -0.25) is 4.98 Å². The number of rotatable bonds is 5. The number of hydrogen-bond acceptors (Lipinski definition) is 2. The van der Waals surface area contributed by atoms with E-state index in [1.807, 2.05) is 13.0 Å². The molecule has 1 rings (SSSR count). The molecule has 1 heterocycles. The van der Waals surface area contributed by atoms with E-state index in [1.165, 1.54) is 0 Å². The van der Waals surface area contributed by atoms with Crippen LogP contribution in [0, 0.1) is 18.3 Å². The van der Waals surface area contributed by atoms with E-state index >= 15 is 0 Å². The minimum Gasteiger partial charge on any atom is -0.300 e. The second kappa shape index (κ2) is 6.67. The number of aromatic nitrogens is 1. The predicted molar refractivity (Wildman–Crippen MR) is 82.0 cm³/mol. The van der Waals surface area contributed by atoms with Crippen LogP contribution in [-0.2, 0) is 6.54 Å². The summed E-state index contributed by atoms with van der Waals surface area (Å²) >= 11 is 3.63. The van der Waals surface area contributed by atoms with Crippen molar-refractivity contribution in [2.45, 2.75) is 34.2 Å². The molecule has 1 unspecified atom stereocenters. The van der Waals surface area contributed by atoms with Gasteiger partial charge in [-0.15, -0.1) is 0 Å². The molecule has 0 fully saturated rings. The molecule has 1 aromatic rings. The molecule has 0 aliphatic heterocycles. The summed E-state index contributed by atoms with van der Waals surface area (Å²) in [6, 6.07) is 6.22. The molecule has 0 amide bonds. The van der Waals surface area contributed by atoms with Crippen molar-refractivity contribution in [3.63, 3.8) is 0 Å². The molecular weight excluding hydrogens is 288 g/mol. The van der Waals surface area contributed by atoms with Crippen LogP contribution in [0.3, 0.4) is 0 Å². The van der Waals surface area contributed by atoms with E-state index in [0.29, 0.717) is 11.3 Å². The van der Waals surface area contributed by atoms with E-state index in [-0.39, 0.29) is 0 Å². The summed E-state index contributed by atoms with van der Waals surface area (Å²) in [6.07, 6.45) is 0. The SMILES string of the molecule is Cc1cccc(CN(C)CC(CBr)C(C)(C)C)n1. The Hall–Kier alpha value is -0.410. The number of pyridine rings is 1. The van der Waals surface area contributed by atoms with Crippen molar-refractivity contribution >= 4 is 15.9 Å². The molecule has 0 bridgehead atoms. The molecule has 1 aromatic heterocycles. The highest BCUT2D eigenvalue weighted by molar-refractivity contribution is 9.09. The van der Waals surface area contributed by atoms with Gasteiger partial charge in [0.15, 0.2) is 0 Å². The summed E-state index contributed by atoms with van der Waals surface area (Å²) < 4.78 is 0. The van der Waals surface area contributed by atoms with Gasteiger partial charge in [-0.2, -0.15) is 0 Å². The third-order valence-electron chi connectivity index (χ3n) is 3.32. The van der Waals surface area contributed by atoms with Gasteiger partial charge < -0.3 is 4.90 Å². The summed E-state index contributed by atoms with van der Waals surface area (Å²) in [5.41, 5.74) is 2.58. The summed E-state index contributed by atoms with van der Waals surface area (Å²) in [6.45, 7) is 11.0. The van der Waals surface area contributed by atoms with Crippen LogP contribution in [0.2, 0.25) is 0 Å². The standard InChI is InChI=1S/C15H25BrN2/c1-12-7-6-8-14(17-12)11-18(5)10-13(9-16)15(2,3)4/h6-8,13H,9-11H2,1-5H3. The second-order valence-electron chi connectivity index (χ2n) is 6.18. The van der Waals surface area contributed by atoms with E-state index in [9.17, 15) is 0 Å². The Morgan fingerprint density at radius 2 is 2.00 bits per heavy atom. The fourth-order valence-electron chi connectivity index (χ4n) is 1.96. The van der Waals surface area contributed by atoms with Gasteiger partial charge in [-0.1, -0.05) is 42.8 Å². The third-order valence-corrected chi connectivity index (χ3v) is 4.10. The average molecular weight is 313 g/mol. The van der Waals surface area contributed by atoms with Gasteiger partial charge in [0.2, 0.25) is 0 Å². The van der Waals surface area contributed by atoms with Gasteiger partial charge in [-0.05, 0) is 37.4 Å². The van der Waals surface area contributed by atoms with Gasteiger partial charge in [0.1, 0.15) is 0 Å². The topological polar surface area (TPSA) is 16.1 Å². The summed E-state index contributed by atoms with van der Waals surface area (Å²) in [5, 5.41) is 1.04. The Morgan fingerprint density at radius 3 is 2.50 bits per heavy atom. The van der Waals surface area contributed by atoms with Gasteiger partial charge in [0, 0.05) is 24.1 Å². The van der Waals surface area contributed by atoms with Crippen LogP contribution >= 0.6 is 15.9 Å². The molecule has 0 N–H and O–H groups in total. The highest BCUT2D eigenvalue weighted by atomic mass is 79.9. The molecule has 0 aliphatic carbocycles. The van der Waals surface area contributed by atoms with Crippen molar-refractivity contribution in [2.24, 2.45) is 11.3 Å². The normalized spacial score (nSPS) is 13.9. The number of halogens is 1. The molecule has 0 saturated carbocycles. The summed E-state index contributed by atoms with van der Waals surface area (Å²) in [4.78, 5) is 6.92. The number of aryl methyl sites for hydroxylation is 1. The Balaban J connectivity index is 2.58. The van der Waals surface area contributed by atoms with Crippen LogP contribution in [0.25, 0.3) is 0 Å². The second-order valence-corrected chi connectivity index (χ2v) is 6.83. The number of alkyl halides is 1. The van der Waals surface area contributed by atoms with Gasteiger partial charge >= 0.3 is 0 Å². The van der Waals surface area contributed by atoms with Crippen LogP contribution in [0.4, 0.5) is 0 Å². The Morgan fingerprint density at radius 1 is 1.33 bits per heavy atom. The quantitative estimate of drug-likeness (QED) is 0.767. The Bertz CT molecular complexity index is 371. The molecule has 0 saturated heterocycles. The molecule has 0 aliphatic rings. The molecule has 102 valence electrons. The van der Waals surface area contributed by atoms with E-state index in [4.69, 9.17) is 0 Å². The summed E-state index contributed by atoms with van der Waals surface area (Å²) in [5.74, 6) is 0.646. The smallest absolute Gasteiger partial charge is 0.0547 e. The van der Waals surface area contributed by atoms with Gasteiger partial charge in [-0.25, -0.2) is 0 Å². The molecule has 2 nitrogen and oxygen atoms in total.